The highest BCUT2D eigenvalue weighted by atomic mass is 79.9. The van der Waals surface area contributed by atoms with E-state index in [-0.39, 0.29) is 0 Å². The van der Waals surface area contributed by atoms with Gasteiger partial charge in [-0.25, -0.2) is 0 Å². The van der Waals surface area contributed by atoms with Crippen LogP contribution in [0.2, 0.25) is 0 Å². The first-order valence-electron chi connectivity index (χ1n) is 5.54. The van der Waals surface area contributed by atoms with E-state index in [1.807, 2.05) is 24.3 Å². The fraction of sp³-hybridized carbons (Fsp3) is 0.538. The van der Waals surface area contributed by atoms with Gasteiger partial charge in [-0.3, -0.25) is 0 Å². The molecule has 1 atom stereocenters. The predicted octanol–water partition coefficient (Wildman–Crippen LogP) is 5.03. The number of hydrogen-bond acceptors (Lipinski definition) is 1. The highest BCUT2D eigenvalue weighted by Crippen LogP contribution is 2.28. The third kappa shape index (κ3) is 4.46. The number of hydrogen-bond donors (Lipinski definition) is 0. The Bertz CT molecular complexity index is 304. The van der Waals surface area contributed by atoms with Crippen LogP contribution < -0.4 is 4.74 Å². The van der Waals surface area contributed by atoms with Gasteiger partial charge in [0.1, 0.15) is 5.75 Å². The third-order valence-corrected chi connectivity index (χ3v) is 4.85. The van der Waals surface area contributed by atoms with Crippen LogP contribution in [0.25, 0.3) is 0 Å². The summed E-state index contributed by atoms with van der Waals surface area (Å²) in [6.07, 6.45) is 2.24. The minimum atomic E-state index is 0.343. The van der Waals surface area contributed by atoms with Crippen molar-refractivity contribution in [2.75, 3.05) is 11.9 Å². The topological polar surface area (TPSA) is 9.23 Å². The molecule has 1 aromatic rings. The standard InChI is InChI=1S/C13H18Br2O/c1-3-13(2,10-14)8-9-16-12-6-4-11(15)5-7-12/h4-7H,3,8-10H2,1-2H3. The summed E-state index contributed by atoms with van der Waals surface area (Å²) in [7, 11) is 0. The van der Waals surface area contributed by atoms with Crippen molar-refractivity contribution in [3.63, 3.8) is 0 Å². The molecule has 0 amide bonds. The molecule has 0 heterocycles. The van der Waals surface area contributed by atoms with Crippen LogP contribution in [0.15, 0.2) is 28.7 Å². The van der Waals surface area contributed by atoms with Crippen LogP contribution in [-0.4, -0.2) is 11.9 Å². The smallest absolute Gasteiger partial charge is 0.119 e. The van der Waals surface area contributed by atoms with E-state index in [0.717, 1.165) is 28.6 Å². The zero-order valence-electron chi connectivity index (χ0n) is 9.80. The number of halogens is 2. The number of ether oxygens (including phenoxy) is 1. The van der Waals surface area contributed by atoms with Crippen molar-refractivity contribution in [2.24, 2.45) is 5.41 Å². The van der Waals surface area contributed by atoms with Gasteiger partial charge in [-0.1, -0.05) is 45.7 Å². The van der Waals surface area contributed by atoms with Gasteiger partial charge in [-0.05, 0) is 42.5 Å². The summed E-state index contributed by atoms with van der Waals surface area (Å²) >= 11 is 6.97. The molecule has 3 heteroatoms. The van der Waals surface area contributed by atoms with Crippen LogP contribution in [0.3, 0.4) is 0 Å². The molecule has 0 fully saturated rings. The molecule has 0 radical (unpaired) electrons. The quantitative estimate of drug-likeness (QED) is 0.654. The molecule has 1 nitrogen and oxygen atoms in total. The molecular weight excluding hydrogens is 332 g/mol. The van der Waals surface area contributed by atoms with Gasteiger partial charge in [0.25, 0.3) is 0 Å². The van der Waals surface area contributed by atoms with Crippen molar-refractivity contribution in [1.82, 2.24) is 0 Å². The first kappa shape index (κ1) is 14.0. The lowest BCUT2D eigenvalue weighted by Gasteiger charge is -2.25. The summed E-state index contributed by atoms with van der Waals surface area (Å²) in [6, 6.07) is 7.97. The van der Waals surface area contributed by atoms with Crippen molar-refractivity contribution in [3.8, 4) is 5.75 Å². The van der Waals surface area contributed by atoms with Crippen molar-refractivity contribution >= 4 is 31.9 Å². The van der Waals surface area contributed by atoms with E-state index in [9.17, 15) is 0 Å². The number of rotatable bonds is 6. The van der Waals surface area contributed by atoms with Gasteiger partial charge in [-0.15, -0.1) is 0 Å². The molecule has 1 aromatic carbocycles. The van der Waals surface area contributed by atoms with E-state index >= 15 is 0 Å². The summed E-state index contributed by atoms with van der Waals surface area (Å²) in [5.41, 5.74) is 0.343. The highest BCUT2D eigenvalue weighted by molar-refractivity contribution is 9.10. The van der Waals surface area contributed by atoms with Crippen molar-refractivity contribution < 1.29 is 4.74 Å². The van der Waals surface area contributed by atoms with Crippen molar-refractivity contribution in [1.29, 1.82) is 0 Å². The maximum atomic E-state index is 5.72. The van der Waals surface area contributed by atoms with E-state index in [0.29, 0.717) is 5.41 Å². The lowest BCUT2D eigenvalue weighted by molar-refractivity contribution is 0.228. The first-order valence-corrected chi connectivity index (χ1v) is 7.45. The van der Waals surface area contributed by atoms with E-state index in [1.165, 1.54) is 6.42 Å². The highest BCUT2D eigenvalue weighted by Gasteiger charge is 2.20. The van der Waals surface area contributed by atoms with Crippen LogP contribution in [0.4, 0.5) is 0 Å². The maximum absolute atomic E-state index is 5.72. The number of alkyl halides is 1. The van der Waals surface area contributed by atoms with Gasteiger partial charge in [-0.2, -0.15) is 0 Å². The molecular formula is C13H18Br2O. The summed E-state index contributed by atoms with van der Waals surface area (Å²) in [5, 5.41) is 1.03. The Hall–Kier alpha value is -0.0200. The summed E-state index contributed by atoms with van der Waals surface area (Å²) in [4.78, 5) is 0. The monoisotopic (exact) mass is 348 g/mol. The second kappa shape index (κ2) is 6.65. The minimum absolute atomic E-state index is 0.343. The van der Waals surface area contributed by atoms with Crippen LogP contribution in [0.1, 0.15) is 26.7 Å². The van der Waals surface area contributed by atoms with E-state index < -0.39 is 0 Å². The molecule has 0 aliphatic heterocycles. The van der Waals surface area contributed by atoms with Gasteiger partial charge in [0.05, 0.1) is 6.61 Å². The normalized spacial score (nSPS) is 14.5. The Morgan fingerprint density at radius 2 is 1.88 bits per heavy atom. The second-order valence-corrected chi connectivity index (χ2v) is 5.83. The molecule has 0 N–H and O–H groups in total. The zero-order chi connectivity index (χ0) is 12.0. The average molecular weight is 350 g/mol. The lowest BCUT2D eigenvalue weighted by Crippen LogP contribution is -2.20. The van der Waals surface area contributed by atoms with Crippen molar-refractivity contribution in [2.45, 2.75) is 26.7 Å². The molecule has 0 saturated heterocycles. The van der Waals surface area contributed by atoms with Crippen molar-refractivity contribution in [3.05, 3.63) is 28.7 Å². The van der Waals surface area contributed by atoms with Gasteiger partial charge in [0.15, 0.2) is 0 Å². The largest absolute Gasteiger partial charge is 0.494 e. The predicted molar refractivity (Wildman–Crippen MR) is 76.4 cm³/mol. The van der Waals surface area contributed by atoms with E-state index in [4.69, 9.17) is 4.74 Å². The lowest BCUT2D eigenvalue weighted by atomic mass is 9.87. The van der Waals surface area contributed by atoms with Crippen LogP contribution >= 0.6 is 31.9 Å². The minimum Gasteiger partial charge on any atom is -0.494 e. The van der Waals surface area contributed by atoms with Crippen LogP contribution in [0.5, 0.6) is 5.75 Å². The van der Waals surface area contributed by atoms with E-state index in [2.05, 4.69) is 45.7 Å². The Morgan fingerprint density at radius 3 is 2.38 bits per heavy atom. The molecule has 0 aliphatic rings. The average Bonchev–Trinajstić information content (AvgIpc) is 2.31. The second-order valence-electron chi connectivity index (χ2n) is 4.35. The SMILES string of the molecule is CCC(C)(CBr)CCOc1ccc(Br)cc1. The molecule has 1 unspecified atom stereocenters. The Balaban J connectivity index is 2.38. The third-order valence-electron chi connectivity index (χ3n) is 2.96. The Kier molecular flexibility index (Phi) is 5.84. The molecule has 0 aromatic heterocycles. The Labute approximate surface area is 115 Å². The molecule has 0 spiro atoms. The Morgan fingerprint density at radius 1 is 1.25 bits per heavy atom. The fourth-order valence-corrected chi connectivity index (χ4v) is 2.23. The van der Waals surface area contributed by atoms with Gasteiger partial charge in [0.2, 0.25) is 0 Å². The summed E-state index contributed by atoms with van der Waals surface area (Å²) < 4.78 is 6.80. The first-order chi connectivity index (χ1) is 7.59. The maximum Gasteiger partial charge on any atom is 0.119 e. The molecule has 0 saturated carbocycles. The van der Waals surface area contributed by atoms with E-state index in [1.54, 1.807) is 0 Å². The zero-order valence-corrected chi connectivity index (χ0v) is 13.0. The summed E-state index contributed by atoms with van der Waals surface area (Å²) in [6.45, 7) is 5.28. The van der Waals surface area contributed by atoms with Crippen LogP contribution in [0, 0.1) is 5.41 Å². The van der Waals surface area contributed by atoms with Crippen LogP contribution in [-0.2, 0) is 0 Å². The number of benzene rings is 1. The molecule has 16 heavy (non-hydrogen) atoms. The summed E-state index contributed by atoms with van der Waals surface area (Å²) in [5.74, 6) is 0.941. The molecule has 1 rings (SSSR count). The molecule has 0 aliphatic carbocycles. The van der Waals surface area contributed by atoms with Gasteiger partial charge >= 0.3 is 0 Å². The fourth-order valence-electron chi connectivity index (χ4n) is 1.28. The van der Waals surface area contributed by atoms with Gasteiger partial charge in [0, 0.05) is 9.80 Å². The van der Waals surface area contributed by atoms with Gasteiger partial charge < -0.3 is 4.74 Å². The molecule has 90 valence electrons. The molecule has 0 bridgehead atoms.